The molecule has 0 unspecified atom stereocenters. The lowest BCUT2D eigenvalue weighted by Crippen LogP contribution is -2.31. The van der Waals surface area contributed by atoms with E-state index in [0.717, 1.165) is 25.4 Å². The second-order valence-electron chi connectivity index (χ2n) is 5.83. The Morgan fingerprint density at radius 2 is 1.62 bits per heavy atom. The highest BCUT2D eigenvalue weighted by Gasteiger charge is 2.06. The maximum absolute atomic E-state index is 10.8. The molecule has 140 valence electrons. The van der Waals surface area contributed by atoms with Crippen LogP contribution >= 0.6 is 0 Å². The van der Waals surface area contributed by atoms with E-state index in [1.807, 2.05) is 30.3 Å². The molecule has 0 aromatic heterocycles. The van der Waals surface area contributed by atoms with Crippen molar-refractivity contribution in [2.24, 2.45) is 0 Å². The first-order valence-electron chi connectivity index (χ1n) is 8.59. The Kier molecular flexibility index (Phi) is 8.45. The van der Waals surface area contributed by atoms with Gasteiger partial charge in [-0.25, -0.2) is 0 Å². The number of methoxy groups -OCH3 is 1. The largest absolute Gasteiger partial charge is 0.492 e. The van der Waals surface area contributed by atoms with Gasteiger partial charge in [0.1, 0.15) is 12.4 Å². The summed E-state index contributed by atoms with van der Waals surface area (Å²) in [6.07, 6.45) is 0. The van der Waals surface area contributed by atoms with Crippen molar-refractivity contribution in [2.45, 2.75) is 13.5 Å². The number of amides is 1. The van der Waals surface area contributed by atoms with Gasteiger partial charge in [-0.15, -0.1) is 0 Å². The number of hydrogen-bond donors (Lipinski definition) is 1. The zero-order chi connectivity index (χ0) is 18.6. The van der Waals surface area contributed by atoms with E-state index in [2.05, 4.69) is 22.5 Å². The van der Waals surface area contributed by atoms with Crippen molar-refractivity contribution < 1.29 is 19.1 Å². The predicted octanol–water partition coefficient (Wildman–Crippen LogP) is 2.64. The number of hydroxylamine groups is 1. The Hall–Kier alpha value is -2.57. The topological polar surface area (TPSA) is 60.0 Å². The minimum absolute atomic E-state index is 0.250. The number of benzene rings is 2. The average molecular weight is 358 g/mol. The van der Waals surface area contributed by atoms with Crippen LogP contribution in [-0.4, -0.2) is 44.2 Å². The van der Waals surface area contributed by atoms with Gasteiger partial charge in [-0.3, -0.25) is 9.69 Å². The minimum atomic E-state index is -0.250. The summed E-state index contributed by atoms with van der Waals surface area (Å²) >= 11 is 0. The fourth-order valence-electron chi connectivity index (χ4n) is 2.36. The van der Waals surface area contributed by atoms with Crippen molar-refractivity contribution in [1.29, 1.82) is 0 Å². The van der Waals surface area contributed by atoms with Crippen molar-refractivity contribution in [3.63, 3.8) is 0 Å². The molecular formula is C20H26N2O4. The summed E-state index contributed by atoms with van der Waals surface area (Å²) in [5, 5.41) is 0. The van der Waals surface area contributed by atoms with E-state index in [-0.39, 0.29) is 5.91 Å². The summed E-state index contributed by atoms with van der Waals surface area (Å²) in [5.74, 6) is 1.06. The van der Waals surface area contributed by atoms with Crippen molar-refractivity contribution in [3.8, 4) is 11.5 Å². The van der Waals surface area contributed by atoms with E-state index in [9.17, 15) is 4.79 Å². The zero-order valence-corrected chi connectivity index (χ0v) is 15.3. The van der Waals surface area contributed by atoms with E-state index in [1.54, 1.807) is 19.2 Å². The molecule has 0 bridgehead atoms. The standard InChI is InChI=1S/C20H26N2O4/c1-17(23)21-26-20-10-8-19(9-11-20)25-15-13-22(12-14-24-2)16-18-6-4-3-5-7-18/h3-11H,12-16H2,1-2H3,(H,21,23). The monoisotopic (exact) mass is 358 g/mol. The highest BCUT2D eigenvalue weighted by Crippen LogP contribution is 2.17. The number of nitrogens with zero attached hydrogens (tertiary/aromatic N) is 1. The average Bonchev–Trinajstić information content (AvgIpc) is 2.66. The normalized spacial score (nSPS) is 10.6. The Morgan fingerprint density at radius 1 is 0.962 bits per heavy atom. The van der Waals surface area contributed by atoms with Gasteiger partial charge in [-0.1, -0.05) is 30.3 Å². The van der Waals surface area contributed by atoms with Crippen LogP contribution in [0.1, 0.15) is 12.5 Å². The molecule has 0 fully saturated rings. The third-order valence-corrected chi connectivity index (χ3v) is 3.67. The summed E-state index contributed by atoms with van der Waals surface area (Å²) in [5.41, 5.74) is 3.55. The van der Waals surface area contributed by atoms with Crippen LogP contribution in [0.3, 0.4) is 0 Å². The molecule has 26 heavy (non-hydrogen) atoms. The van der Waals surface area contributed by atoms with Crippen molar-refractivity contribution in [1.82, 2.24) is 10.4 Å². The van der Waals surface area contributed by atoms with Crippen molar-refractivity contribution in [2.75, 3.05) is 33.4 Å². The molecule has 0 aliphatic heterocycles. The van der Waals surface area contributed by atoms with Gasteiger partial charge in [-0.2, -0.15) is 5.48 Å². The van der Waals surface area contributed by atoms with E-state index in [1.165, 1.54) is 12.5 Å². The second kappa shape index (κ2) is 11.1. The number of ether oxygens (including phenoxy) is 2. The van der Waals surface area contributed by atoms with Crippen LogP contribution < -0.4 is 15.1 Å². The number of nitrogens with one attached hydrogen (secondary N) is 1. The van der Waals surface area contributed by atoms with Gasteiger partial charge in [0.05, 0.1) is 6.61 Å². The molecular weight excluding hydrogens is 332 g/mol. The number of carbonyl (C=O) groups excluding carboxylic acids is 1. The molecule has 2 aromatic carbocycles. The highest BCUT2D eigenvalue weighted by atomic mass is 16.7. The SMILES string of the molecule is COCCN(CCOc1ccc(ONC(C)=O)cc1)Cc1ccccc1. The van der Waals surface area contributed by atoms with E-state index in [0.29, 0.717) is 19.0 Å². The number of rotatable bonds is 11. The van der Waals surface area contributed by atoms with Gasteiger partial charge in [0, 0.05) is 33.7 Å². The summed E-state index contributed by atoms with van der Waals surface area (Å²) in [6.45, 7) is 5.14. The first-order valence-corrected chi connectivity index (χ1v) is 8.59. The molecule has 6 nitrogen and oxygen atoms in total. The Morgan fingerprint density at radius 3 is 2.27 bits per heavy atom. The third-order valence-electron chi connectivity index (χ3n) is 3.67. The van der Waals surface area contributed by atoms with Crippen molar-refractivity contribution in [3.05, 3.63) is 60.2 Å². The maximum Gasteiger partial charge on any atom is 0.249 e. The lowest BCUT2D eigenvalue weighted by Gasteiger charge is -2.22. The molecule has 1 amide bonds. The predicted molar refractivity (Wildman–Crippen MR) is 100.0 cm³/mol. The molecule has 0 radical (unpaired) electrons. The molecule has 2 aromatic rings. The van der Waals surface area contributed by atoms with E-state index < -0.39 is 0 Å². The fraction of sp³-hybridized carbons (Fsp3) is 0.350. The number of carbonyl (C=O) groups is 1. The van der Waals surface area contributed by atoms with Crippen LogP contribution in [-0.2, 0) is 16.1 Å². The first kappa shape index (κ1) is 19.8. The van der Waals surface area contributed by atoms with Gasteiger partial charge < -0.3 is 14.3 Å². The summed E-state index contributed by atoms with van der Waals surface area (Å²) in [7, 11) is 1.71. The lowest BCUT2D eigenvalue weighted by atomic mass is 10.2. The Bertz CT molecular complexity index is 647. The molecule has 0 saturated heterocycles. The molecule has 0 heterocycles. The third kappa shape index (κ3) is 7.55. The molecule has 0 saturated carbocycles. The summed E-state index contributed by atoms with van der Waals surface area (Å²) in [4.78, 5) is 18.2. The molecule has 0 aliphatic carbocycles. The molecule has 0 atom stereocenters. The molecule has 0 aliphatic rings. The van der Waals surface area contributed by atoms with Gasteiger partial charge in [0.2, 0.25) is 5.91 Å². The highest BCUT2D eigenvalue weighted by molar-refractivity contribution is 5.71. The zero-order valence-electron chi connectivity index (χ0n) is 15.3. The van der Waals surface area contributed by atoms with Gasteiger partial charge in [0.25, 0.3) is 0 Å². The van der Waals surface area contributed by atoms with Gasteiger partial charge in [0.15, 0.2) is 5.75 Å². The fourth-order valence-corrected chi connectivity index (χ4v) is 2.36. The summed E-state index contributed by atoms with van der Waals surface area (Å²) in [6, 6.07) is 17.5. The van der Waals surface area contributed by atoms with E-state index in [4.69, 9.17) is 14.3 Å². The van der Waals surface area contributed by atoms with Gasteiger partial charge in [-0.05, 0) is 29.8 Å². The maximum atomic E-state index is 10.8. The number of hydrogen-bond acceptors (Lipinski definition) is 5. The quantitative estimate of drug-likeness (QED) is 0.626. The van der Waals surface area contributed by atoms with Crippen LogP contribution in [0.2, 0.25) is 0 Å². The second-order valence-corrected chi connectivity index (χ2v) is 5.83. The molecule has 6 heteroatoms. The minimum Gasteiger partial charge on any atom is -0.492 e. The van der Waals surface area contributed by atoms with Crippen LogP contribution in [0.15, 0.2) is 54.6 Å². The van der Waals surface area contributed by atoms with Gasteiger partial charge >= 0.3 is 0 Å². The van der Waals surface area contributed by atoms with Crippen LogP contribution in [0.5, 0.6) is 11.5 Å². The smallest absolute Gasteiger partial charge is 0.249 e. The van der Waals surface area contributed by atoms with E-state index >= 15 is 0 Å². The van der Waals surface area contributed by atoms with Crippen LogP contribution in [0.4, 0.5) is 0 Å². The van der Waals surface area contributed by atoms with Crippen LogP contribution in [0, 0.1) is 0 Å². The Balaban J connectivity index is 1.79. The molecule has 0 spiro atoms. The van der Waals surface area contributed by atoms with Crippen molar-refractivity contribution >= 4 is 5.91 Å². The lowest BCUT2D eigenvalue weighted by molar-refractivity contribution is -0.125. The summed E-state index contributed by atoms with van der Waals surface area (Å²) < 4.78 is 11.0. The first-order chi connectivity index (χ1) is 12.7. The molecule has 2 rings (SSSR count). The Labute approximate surface area is 154 Å². The van der Waals surface area contributed by atoms with Crippen LogP contribution in [0.25, 0.3) is 0 Å². The molecule has 1 N–H and O–H groups in total.